The number of carbonyl (C=O) groups is 2. The lowest BCUT2D eigenvalue weighted by Crippen LogP contribution is -2.35. The number of nitrogens with two attached hydrogens (primary N) is 1. The Kier molecular flexibility index (Phi) is 6.54. The standard InChI is InChI=1S/C19H23N3O3/c1-3-4-17(20)19(24)22-14-7-5-13(6-8-14)18(23)21-15-9-11-16(25-2)12-10-15/h5-12,17H,3-4,20H2,1-2H3,(H,21,23)(H,22,24). The van der Waals surface area contributed by atoms with E-state index >= 15 is 0 Å². The fourth-order valence-corrected chi connectivity index (χ4v) is 2.26. The first-order chi connectivity index (χ1) is 12.0. The van der Waals surface area contributed by atoms with Gasteiger partial charge in [-0.25, -0.2) is 0 Å². The second-order valence-corrected chi connectivity index (χ2v) is 5.64. The zero-order chi connectivity index (χ0) is 18.2. The van der Waals surface area contributed by atoms with Crippen molar-refractivity contribution in [3.8, 4) is 5.75 Å². The highest BCUT2D eigenvalue weighted by atomic mass is 16.5. The van der Waals surface area contributed by atoms with Crippen LogP contribution < -0.4 is 21.1 Å². The number of nitrogens with one attached hydrogen (secondary N) is 2. The van der Waals surface area contributed by atoms with E-state index in [1.54, 1.807) is 55.6 Å². The summed E-state index contributed by atoms with van der Waals surface area (Å²) in [5.74, 6) is 0.266. The maximum absolute atomic E-state index is 12.2. The van der Waals surface area contributed by atoms with Gasteiger partial charge in [-0.2, -0.15) is 0 Å². The molecule has 6 nitrogen and oxygen atoms in total. The summed E-state index contributed by atoms with van der Waals surface area (Å²) < 4.78 is 5.08. The normalized spacial score (nSPS) is 11.5. The van der Waals surface area contributed by atoms with Crippen molar-refractivity contribution in [2.24, 2.45) is 5.73 Å². The molecule has 0 saturated carbocycles. The van der Waals surface area contributed by atoms with Crippen LogP contribution in [0.2, 0.25) is 0 Å². The summed E-state index contributed by atoms with van der Waals surface area (Å²) in [6.07, 6.45) is 1.48. The molecule has 2 aromatic carbocycles. The minimum Gasteiger partial charge on any atom is -0.497 e. The fraction of sp³-hybridized carbons (Fsp3) is 0.263. The molecule has 0 heterocycles. The molecule has 0 radical (unpaired) electrons. The smallest absolute Gasteiger partial charge is 0.255 e. The van der Waals surface area contributed by atoms with Crippen molar-refractivity contribution in [1.82, 2.24) is 0 Å². The molecular formula is C19H23N3O3. The first kappa shape index (κ1) is 18.5. The number of amides is 2. The summed E-state index contributed by atoms with van der Waals surface area (Å²) in [5.41, 5.74) is 7.55. The van der Waals surface area contributed by atoms with Crippen LogP contribution in [0, 0.1) is 0 Å². The number of rotatable bonds is 7. The van der Waals surface area contributed by atoms with E-state index in [4.69, 9.17) is 10.5 Å². The minimum atomic E-state index is -0.525. The van der Waals surface area contributed by atoms with Gasteiger partial charge in [0.1, 0.15) is 5.75 Å². The highest BCUT2D eigenvalue weighted by Gasteiger charge is 2.13. The largest absolute Gasteiger partial charge is 0.497 e. The van der Waals surface area contributed by atoms with Gasteiger partial charge in [-0.05, 0) is 55.0 Å². The third kappa shape index (κ3) is 5.32. The first-order valence-electron chi connectivity index (χ1n) is 8.15. The van der Waals surface area contributed by atoms with Crippen LogP contribution in [0.4, 0.5) is 11.4 Å². The predicted molar refractivity (Wildman–Crippen MR) is 98.9 cm³/mol. The highest BCUT2D eigenvalue weighted by Crippen LogP contribution is 2.17. The lowest BCUT2D eigenvalue weighted by molar-refractivity contribution is -0.117. The third-order valence-corrected chi connectivity index (χ3v) is 3.70. The van der Waals surface area contributed by atoms with Gasteiger partial charge in [0.2, 0.25) is 5.91 Å². The number of ether oxygens (including phenoxy) is 1. The van der Waals surface area contributed by atoms with Crippen LogP contribution in [0.5, 0.6) is 5.75 Å². The zero-order valence-corrected chi connectivity index (χ0v) is 14.4. The zero-order valence-electron chi connectivity index (χ0n) is 14.4. The van der Waals surface area contributed by atoms with Gasteiger partial charge in [0, 0.05) is 16.9 Å². The Labute approximate surface area is 147 Å². The van der Waals surface area contributed by atoms with Crippen molar-refractivity contribution in [2.45, 2.75) is 25.8 Å². The van der Waals surface area contributed by atoms with E-state index in [9.17, 15) is 9.59 Å². The monoisotopic (exact) mass is 341 g/mol. The highest BCUT2D eigenvalue weighted by molar-refractivity contribution is 6.04. The van der Waals surface area contributed by atoms with Crippen LogP contribution >= 0.6 is 0 Å². The molecule has 0 aliphatic heterocycles. The van der Waals surface area contributed by atoms with Crippen molar-refractivity contribution >= 4 is 23.2 Å². The Balaban J connectivity index is 1.96. The van der Waals surface area contributed by atoms with Crippen LogP contribution in [-0.4, -0.2) is 25.0 Å². The first-order valence-corrected chi connectivity index (χ1v) is 8.15. The Morgan fingerprint density at radius 3 is 2.12 bits per heavy atom. The summed E-state index contributed by atoms with van der Waals surface area (Å²) >= 11 is 0. The molecular weight excluding hydrogens is 318 g/mol. The molecule has 1 atom stereocenters. The summed E-state index contributed by atoms with van der Waals surface area (Å²) in [6, 6.07) is 13.2. The molecule has 0 fully saturated rings. The quantitative estimate of drug-likeness (QED) is 0.721. The van der Waals surface area contributed by atoms with Crippen molar-refractivity contribution in [3.05, 3.63) is 54.1 Å². The van der Waals surface area contributed by atoms with Crippen LogP contribution in [0.3, 0.4) is 0 Å². The molecule has 2 rings (SSSR count). The lowest BCUT2D eigenvalue weighted by Gasteiger charge is -2.11. The van der Waals surface area contributed by atoms with E-state index in [0.29, 0.717) is 23.4 Å². The van der Waals surface area contributed by atoms with Crippen LogP contribution in [-0.2, 0) is 4.79 Å². The van der Waals surface area contributed by atoms with Gasteiger partial charge in [-0.15, -0.1) is 0 Å². The molecule has 0 bridgehead atoms. The Morgan fingerprint density at radius 2 is 1.56 bits per heavy atom. The molecule has 0 saturated heterocycles. The number of anilines is 2. The van der Waals surface area contributed by atoms with Gasteiger partial charge < -0.3 is 21.1 Å². The SMILES string of the molecule is CCCC(N)C(=O)Nc1ccc(C(=O)Nc2ccc(OC)cc2)cc1. The number of carbonyl (C=O) groups excluding carboxylic acids is 2. The van der Waals surface area contributed by atoms with Crippen LogP contribution in [0.25, 0.3) is 0 Å². The van der Waals surface area contributed by atoms with Crippen molar-refractivity contribution in [3.63, 3.8) is 0 Å². The fourth-order valence-electron chi connectivity index (χ4n) is 2.26. The molecule has 132 valence electrons. The van der Waals surface area contributed by atoms with Crippen molar-refractivity contribution < 1.29 is 14.3 Å². The predicted octanol–water partition coefficient (Wildman–Crippen LogP) is 3.01. The average Bonchev–Trinajstić information content (AvgIpc) is 2.63. The van der Waals surface area contributed by atoms with E-state index in [1.807, 2.05) is 6.92 Å². The Morgan fingerprint density at radius 1 is 1.00 bits per heavy atom. The summed E-state index contributed by atoms with van der Waals surface area (Å²) in [4.78, 5) is 24.1. The molecule has 4 N–H and O–H groups in total. The molecule has 2 amide bonds. The van der Waals surface area contributed by atoms with E-state index in [2.05, 4.69) is 10.6 Å². The van der Waals surface area contributed by atoms with Gasteiger partial charge in [0.15, 0.2) is 0 Å². The molecule has 0 aliphatic carbocycles. The number of benzene rings is 2. The van der Waals surface area contributed by atoms with E-state index < -0.39 is 6.04 Å². The average molecular weight is 341 g/mol. The van der Waals surface area contributed by atoms with E-state index in [1.165, 1.54) is 0 Å². The van der Waals surface area contributed by atoms with Crippen LogP contribution in [0.1, 0.15) is 30.1 Å². The van der Waals surface area contributed by atoms with Crippen LogP contribution in [0.15, 0.2) is 48.5 Å². The molecule has 2 aromatic rings. The lowest BCUT2D eigenvalue weighted by atomic mass is 10.1. The van der Waals surface area contributed by atoms with Gasteiger partial charge in [0.05, 0.1) is 13.2 Å². The van der Waals surface area contributed by atoms with Gasteiger partial charge in [0.25, 0.3) is 5.91 Å². The molecule has 0 aliphatic rings. The Bertz CT molecular complexity index is 712. The second kappa shape index (κ2) is 8.84. The Hall–Kier alpha value is -2.86. The maximum Gasteiger partial charge on any atom is 0.255 e. The third-order valence-electron chi connectivity index (χ3n) is 3.70. The maximum atomic E-state index is 12.2. The molecule has 0 aromatic heterocycles. The molecule has 0 spiro atoms. The molecule has 1 unspecified atom stereocenters. The van der Waals surface area contributed by atoms with Gasteiger partial charge in [-0.1, -0.05) is 13.3 Å². The molecule has 6 heteroatoms. The topological polar surface area (TPSA) is 93.5 Å². The molecule has 25 heavy (non-hydrogen) atoms. The van der Waals surface area contributed by atoms with Crippen molar-refractivity contribution in [2.75, 3.05) is 17.7 Å². The van der Waals surface area contributed by atoms with Gasteiger partial charge >= 0.3 is 0 Å². The second-order valence-electron chi connectivity index (χ2n) is 5.64. The summed E-state index contributed by atoms with van der Waals surface area (Å²) in [5, 5.41) is 5.55. The van der Waals surface area contributed by atoms with E-state index in [-0.39, 0.29) is 11.8 Å². The van der Waals surface area contributed by atoms with Gasteiger partial charge in [-0.3, -0.25) is 9.59 Å². The number of methoxy groups -OCH3 is 1. The summed E-state index contributed by atoms with van der Waals surface area (Å²) in [7, 11) is 1.59. The number of hydrogen-bond donors (Lipinski definition) is 3. The number of hydrogen-bond acceptors (Lipinski definition) is 4. The minimum absolute atomic E-state index is 0.225. The summed E-state index contributed by atoms with van der Waals surface area (Å²) in [6.45, 7) is 1.98. The van der Waals surface area contributed by atoms with E-state index in [0.717, 1.165) is 12.2 Å². The van der Waals surface area contributed by atoms with Crippen molar-refractivity contribution in [1.29, 1.82) is 0 Å².